The predicted octanol–water partition coefficient (Wildman–Crippen LogP) is 3.50. The molecule has 3 N–H and O–H groups in total. The summed E-state index contributed by atoms with van der Waals surface area (Å²) in [5.74, 6) is -0.115. The highest BCUT2D eigenvalue weighted by Gasteiger charge is 2.10. The standard InChI is InChI=1S/C12H11IN2OS/c1-7-10(14)6-11(17-7)12(16)15-9-4-2-8(13)3-5-9/h2-6H,14H2,1H3,(H,15,16). The van der Waals surface area contributed by atoms with Crippen molar-refractivity contribution in [3.63, 3.8) is 0 Å². The molecule has 0 aliphatic heterocycles. The molecule has 2 rings (SSSR count). The van der Waals surface area contributed by atoms with Gasteiger partial charge in [-0.25, -0.2) is 0 Å². The minimum atomic E-state index is -0.115. The van der Waals surface area contributed by atoms with Gasteiger partial charge < -0.3 is 11.1 Å². The summed E-state index contributed by atoms with van der Waals surface area (Å²) < 4.78 is 1.14. The average Bonchev–Trinajstić information content (AvgIpc) is 2.63. The zero-order valence-electron chi connectivity index (χ0n) is 9.16. The van der Waals surface area contributed by atoms with Crippen LogP contribution in [0.5, 0.6) is 0 Å². The quantitative estimate of drug-likeness (QED) is 0.808. The zero-order valence-corrected chi connectivity index (χ0v) is 12.1. The molecule has 88 valence electrons. The van der Waals surface area contributed by atoms with E-state index >= 15 is 0 Å². The molecule has 0 fully saturated rings. The van der Waals surface area contributed by atoms with Crippen molar-refractivity contribution in [3.8, 4) is 0 Å². The van der Waals surface area contributed by atoms with Gasteiger partial charge in [0, 0.05) is 19.8 Å². The van der Waals surface area contributed by atoms with Gasteiger partial charge in [0.25, 0.3) is 5.91 Å². The molecule has 3 nitrogen and oxygen atoms in total. The monoisotopic (exact) mass is 358 g/mol. The summed E-state index contributed by atoms with van der Waals surface area (Å²) in [7, 11) is 0. The third-order valence-corrected chi connectivity index (χ3v) is 4.07. The predicted molar refractivity (Wildman–Crippen MR) is 80.6 cm³/mol. The van der Waals surface area contributed by atoms with Gasteiger partial charge in [-0.05, 0) is 59.8 Å². The Labute approximate surface area is 117 Å². The second-order valence-corrected chi connectivity index (χ2v) is 6.09. The maximum atomic E-state index is 11.9. The summed E-state index contributed by atoms with van der Waals surface area (Å²) >= 11 is 3.63. The number of carbonyl (C=O) groups is 1. The van der Waals surface area contributed by atoms with E-state index in [4.69, 9.17) is 5.73 Å². The molecule has 0 bridgehead atoms. The topological polar surface area (TPSA) is 55.1 Å². The molecule has 0 saturated heterocycles. The molecule has 0 radical (unpaired) electrons. The van der Waals surface area contributed by atoms with Crippen LogP contribution in [0.15, 0.2) is 30.3 Å². The molecule has 0 atom stereocenters. The number of rotatable bonds is 2. The van der Waals surface area contributed by atoms with Crippen LogP contribution in [-0.2, 0) is 0 Å². The normalized spacial score (nSPS) is 10.2. The smallest absolute Gasteiger partial charge is 0.265 e. The highest BCUT2D eigenvalue weighted by Crippen LogP contribution is 2.24. The lowest BCUT2D eigenvalue weighted by molar-refractivity contribution is 0.103. The van der Waals surface area contributed by atoms with Crippen molar-refractivity contribution in [1.82, 2.24) is 0 Å². The maximum Gasteiger partial charge on any atom is 0.265 e. The van der Waals surface area contributed by atoms with E-state index < -0.39 is 0 Å². The van der Waals surface area contributed by atoms with Crippen LogP contribution in [0.2, 0.25) is 0 Å². The number of nitrogens with one attached hydrogen (secondary N) is 1. The summed E-state index contributed by atoms with van der Waals surface area (Å²) in [5, 5.41) is 2.84. The van der Waals surface area contributed by atoms with Gasteiger partial charge in [0.05, 0.1) is 4.88 Å². The van der Waals surface area contributed by atoms with Gasteiger partial charge in [-0.1, -0.05) is 0 Å². The minimum Gasteiger partial charge on any atom is -0.398 e. The molecule has 0 unspecified atom stereocenters. The average molecular weight is 358 g/mol. The largest absolute Gasteiger partial charge is 0.398 e. The highest BCUT2D eigenvalue weighted by atomic mass is 127. The first-order chi connectivity index (χ1) is 8.06. The van der Waals surface area contributed by atoms with Crippen LogP contribution >= 0.6 is 33.9 Å². The fourth-order valence-corrected chi connectivity index (χ4v) is 2.53. The molecule has 0 aliphatic carbocycles. The van der Waals surface area contributed by atoms with Crippen molar-refractivity contribution < 1.29 is 4.79 Å². The van der Waals surface area contributed by atoms with Crippen molar-refractivity contribution in [2.24, 2.45) is 0 Å². The first kappa shape index (κ1) is 12.4. The van der Waals surface area contributed by atoms with E-state index in [1.54, 1.807) is 6.07 Å². The highest BCUT2D eigenvalue weighted by molar-refractivity contribution is 14.1. The molecule has 1 aromatic carbocycles. The van der Waals surface area contributed by atoms with Crippen LogP contribution < -0.4 is 11.1 Å². The van der Waals surface area contributed by atoms with E-state index in [9.17, 15) is 4.79 Å². The number of amides is 1. The molecular weight excluding hydrogens is 347 g/mol. The number of nitrogen functional groups attached to an aromatic ring is 1. The summed E-state index contributed by atoms with van der Waals surface area (Å²) in [6.07, 6.45) is 0. The maximum absolute atomic E-state index is 11.9. The first-order valence-corrected chi connectivity index (χ1v) is 6.88. The van der Waals surface area contributed by atoms with Crippen molar-refractivity contribution in [3.05, 3.63) is 43.7 Å². The number of hydrogen-bond donors (Lipinski definition) is 2. The lowest BCUT2D eigenvalue weighted by atomic mass is 10.3. The molecule has 5 heteroatoms. The van der Waals surface area contributed by atoms with Gasteiger partial charge in [-0.2, -0.15) is 0 Å². The number of benzene rings is 1. The summed E-state index contributed by atoms with van der Waals surface area (Å²) in [4.78, 5) is 13.5. The Hall–Kier alpha value is -1.08. The lowest BCUT2D eigenvalue weighted by Gasteiger charge is -2.02. The van der Waals surface area contributed by atoms with E-state index in [-0.39, 0.29) is 5.91 Å². The molecule has 1 amide bonds. The van der Waals surface area contributed by atoms with Crippen LogP contribution in [0.4, 0.5) is 11.4 Å². The summed E-state index contributed by atoms with van der Waals surface area (Å²) in [5.41, 5.74) is 7.18. The molecule has 17 heavy (non-hydrogen) atoms. The number of thiophene rings is 1. The second kappa shape index (κ2) is 5.05. The Bertz CT molecular complexity index is 529. The van der Waals surface area contributed by atoms with E-state index in [1.165, 1.54) is 11.3 Å². The van der Waals surface area contributed by atoms with Gasteiger partial charge in [0.15, 0.2) is 0 Å². The van der Waals surface area contributed by atoms with Crippen LogP contribution in [0.1, 0.15) is 14.5 Å². The molecule has 0 saturated carbocycles. The van der Waals surface area contributed by atoms with Gasteiger partial charge in [-0.15, -0.1) is 11.3 Å². The number of anilines is 2. The van der Waals surface area contributed by atoms with E-state index in [2.05, 4.69) is 27.9 Å². The molecule has 2 aromatic rings. The number of carbonyl (C=O) groups excluding carboxylic acids is 1. The Kier molecular flexibility index (Phi) is 3.68. The van der Waals surface area contributed by atoms with Gasteiger partial charge in [0.2, 0.25) is 0 Å². The van der Waals surface area contributed by atoms with E-state index in [1.807, 2.05) is 31.2 Å². The van der Waals surface area contributed by atoms with Crippen LogP contribution in [0, 0.1) is 10.5 Å². The van der Waals surface area contributed by atoms with Gasteiger partial charge >= 0.3 is 0 Å². The third-order valence-electron chi connectivity index (χ3n) is 2.28. The Balaban J connectivity index is 2.14. The fraction of sp³-hybridized carbons (Fsp3) is 0.0833. The van der Waals surface area contributed by atoms with E-state index in [0.29, 0.717) is 10.6 Å². The Morgan fingerprint density at radius 3 is 2.53 bits per heavy atom. The van der Waals surface area contributed by atoms with Crippen molar-refractivity contribution in [1.29, 1.82) is 0 Å². The summed E-state index contributed by atoms with van der Waals surface area (Å²) in [6.45, 7) is 1.90. The Morgan fingerprint density at radius 1 is 1.35 bits per heavy atom. The van der Waals surface area contributed by atoms with Crippen molar-refractivity contribution >= 4 is 51.2 Å². The minimum absolute atomic E-state index is 0.115. The molecule has 1 aromatic heterocycles. The van der Waals surface area contributed by atoms with Crippen LogP contribution in [0.25, 0.3) is 0 Å². The van der Waals surface area contributed by atoms with Gasteiger partial charge in [0.1, 0.15) is 0 Å². The van der Waals surface area contributed by atoms with Crippen molar-refractivity contribution in [2.75, 3.05) is 11.1 Å². The van der Waals surface area contributed by atoms with Crippen LogP contribution in [-0.4, -0.2) is 5.91 Å². The van der Waals surface area contributed by atoms with Gasteiger partial charge in [-0.3, -0.25) is 4.79 Å². The first-order valence-electron chi connectivity index (χ1n) is 4.99. The number of hydrogen-bond acceptors (Lipinski definition) is 3. The number of aryl methyl sites for hydroxylation is 1. The SMILES string of the molecule is Cc1sc(C(=O)Nc2ccc(I)cc2)cc1N. The number of nitrogens with two attached hydrogens (primary N) is 1. The zero-order chi connectivity index (χ0) is 12.4. The molecule has 1 heterocycles. The number of halogens is 1. The lowest BCUT2D eigenvalue weighted by Crippen LogP contribution is -2.09. The third kappa shape index (κ3) is 2.98. The molecule has 0 spiro atoms. The van der Waals surface area contributed by atoms with E-state index in [0.717, 1.165) is 14.1 Å². The van der Waals surface area contributed by atoms with Crippen LogP contribution in [0.3, 0.4) is 0 Å². The summed E-state index contributed by atoms with van der Waals surface area (Å²) in [6, 6.07) is 9.36. The molecule has 0 aliphatic rings. The van der Waals surface area contributed by atoms with Crippen molar-refractivity contribution in [2.45, 2.75) is 6.92 Å². The Morgan fingerprint density at radius 2 is 2.00 bits per heavy atom. The fourth-order valence-electron chi connectivity index (χ4n) is 1.33. The second-order valence-electron chi connectivity index (χ2n) is 3.58. The molecular formula is C12H11IN2OS.